The molecule has 0 bridgehead atoms. The maximum atomic E-state index is 12.7. The van der Waals surface area contributed by atoms with Gasteiger partial charge in [-0.25, -0.2) is 0 Å². The number of hydrogen-bond acceptors (Lipinski definition) is 4. The van der Waals surface area contributed by atoms with Crippen molar-refractivity contribution in [1.82, 2.24) is 10.2 Å². The highest BCUT2D eigenvalue weighted by atomic mass is 35.5. The highest BCUT2D eigenvalue weighted by molar-refractivity contribution is 6.30. The molecule has 0 aromatic heterocycles. The van der Waals surface area contributed by atoms with Crippen LogP contribution in [0.1, 0.15) is 52.1 Å². The van der Waals surface area contributed by atoms with Crippen molar-refractivity contribution in [2.45, 2.75) is 58.5 Å². The molecular weight excluding hydrogens is 392 g/mol. The summed E-state index contributed by atoms with van der Waals surface area (Å²) in [6.07, 6.45) is 6.77. The molecule has 0 radical (unpaired) electrons. The maximum absolute atomic E-state index is 12.7. The smallest absolute Gasteiger partial charge is 0.254 e. The van der Waals surface area contributed by atoms with Gasteiger partial charge in [0.05, 0.1) is 19.2 Å². The van der Waals surface area contributed by atoms with Crippen LogP contribution in [0, 0.1) is 12.3 Å². The van der Waals surface area contributed by atoms with Crippen molar-refractivity contribution >= 4 is 23.9 Å². The Hall–Kier alpha value is -2.07. The van der Waals surface area contributed by atoms with Gasteiger partial charge in [0.2, 0.25) is 6.41 Å². The SMILES string of the molecule is C#CCNC=O.CC.CC1(C)OC[C@H](C(=O)N2CCCC2c2cccc(Cl)c2)O1. The van der Waals surface area contributed by atoms with E-state index in [1.807, 2.05) is 56.9 Å². The van der Waals surface area contributed by atoms with E-state index in [2.05, 4.69) is 11.2 Å². The number of halogens is 1. The summed E-state index contributed by atoms with van der Waals surface area (Å²) in [6.45, 7) is 9.07. The van der Waals surface area contributed by atoms with Gasteiger partial charge in [0.15, 0.2) is 11.9 Å². The van der Waals surface area contributed by atoms with Gasteiger partial charge in [-0.05, 0) is 44.4 Å². The highest BCUT2D eigenvalue weighted by Crippen LogP contribution is 2.35. The third-order valence-corrected chi connectivity index (χ3v) is 4.58. The van der Waals surface area contributed by atoms with Crippen molar-refractivity contribution in [3.05, 3.63) is 34.9 Å². The van der Waals surface area contributed by atoms with Crippen molar-refractivity contribution in [2.24, 2.45) is 0 Å². The Morgan fingerprint density at radius 2 is 2.17 bits per heavy atom. The molecule has 2 fully saturated rings. The zero-order chi connectivity index (χ0) is 21.9. The van der Waals surface area contributed by atoms with E-state index in [0.29, 0.717) is 24.6 Å². The average molecular weight is 423 g/mol. The summed E-state index contributed by atoms with van der Waals surface area (Å²) < 4.78 is 11.2. The first-order valence-electron chi connectivity index (χ1n) is 9.86. The van der Waals surface area contributed by atoms with Crippen LogP contribution in [0.25, 0.3) is 0 Å². The first-order valence-corrected chi connectivity index (χ1v) is 10.2. The molecule has 2 aliphatic heterocycles. The fourth-order valence-electron chi connectivity index (χ4n) is 3.19. The van der Waals surface area contributed by atoms with E-state index in [1.165, 1.54) is 0 Å². The Balaban J connectivity index is 0.000000454. The Morgan fingerprint density at radius 3 is 2.69 bits per heavy atom. The zero-order valence-electron chi connectivity index (χ0n) is 17.6. The molecule has 2 atom stereocenters. The third kappa shape index (κ3) is 7.69. The number of terminal acetylenes is 1. The first-order chi connectivity index (χ1) is 13.9. The number of nitrogens with zero attached hydrogens (tertiary/aromatic N) is 1. The standard InChI is InChI=1S/C16H20ClNO3.C4H5NO.C2H6/c1-16(2)20-10-14(21-16)15(19)18-8-4-7-13(18)11-5-3-6-12(17)9-11;1-2-3-5-4-6;1-2/h3,5-6,9,13-14H,4,7-8,10H2,1-2H3;1,4H,3H2,(H,5,6);1-2H3/t13?,14-;;/m1../s1. The molecule has 160 valence electrons. The fourth-order valence-corrected chi connectivity index (χ4v) is 3.38. The van der Waals surface area contributed by atoms with Gasteiger partial charge >= 0.3 is 0 Å². The lowest BCUT2D eigenvalue weighted by molar-refractivity contribution is -0.160. The zero-order valence-corrected chi connectivity index (χ0v) is 18.4. The van der Waals surface area contributed by atoms with Crippen LogP contribution in [0.15, 0.2) is 24.3 Å². The van der Waals surface area contributed by atoms with Crippen molar-refractivity contribution < 1.29 is 19.1 Å². The molecule has 7 heteroatoms. The number of benzene rings is 1. The van der Waals surface area contributed by atoms with Crippen LogP contribution in [0.4, 0.5) is 0 Å². The molecule has 1 aromatic carbocycles. The summed E-state index contributed by atoms with van der Waals surface area (Å²) in [4.78, 5) is 24.0. The Bertz CT molecular complexity index is 702. The number of nitrogens with one attached hydrogen (secondary N) is 1. The minimum Gasteiger partial charge on any atom is -0.348 e. The lowest BCUT2D eigenvalue weighted by Crippen LogP contribution is -2.40. The highest BCUT2D eigenvalue weighted by Gasteiger charge is 2.41. The average Bonchev–Trinajstić information content (AvgIpc) is 3.34. The second-order valence-corrected chi connectivity index (χ2v) is 7.20. The van der Waals surface area contributed by atoms with Gasteiger partial charge in [-0.15, -0.1) is 6.42 Å². The van der Waals surface area contributed by atoms with Crippen LogP contribution < -0.4 is 5.32 Å². The van der Waals surface area contributed by atoms with Crippen LogP contribution in [0.3, 0.4) is 0 Å². The Labute approximate surface area is 178 Å². The number of likely N-dealkylation sites (tertiary alicyclic amines) is 1. The van der Waals surface area contributed by atoms with Gasteiger partial charge in [0.1, 0.15) is 0 Å². The summed E-state index contributed by atoms with van der Waals surface area (Å²) >= 11 is 6.07. The molecule has 2 amide bonds. The summed E-state index contributed by atoms with van der Waals surface area (Å²) in [5, 5.41) is 2.98. The van der Waals surface area contributed by atoms with E-state index in [9.17, 15) is 9.59 Å². The number of carbonyl (C=O) groups is 2. The normalized spacial score (nSPS) is 21.7. The van der Waals surface area contributed by atoms with Crippen molar-refractivity contribution in [3.8, 4) is 12.3 Å². The summed E-state index contributed by atoms with van der Waals surface area (Å²) in [5.74, 6) is 1.57. The van der Waals surface area contributed by atoms with Crippen LogP contribution in [-0.4, -0.2) is 48.8 Å². The molecule has 6 nitrogen and oxygen atoms in total. The molecular formula is C22H31ClN2O4. The lowest BCUT2D eigenvalue weighted by Gasteiger charge is -2.27. The van der Waals surface area contributed by atoms with Crippen molar-refractivity contribution in [3.63, 3.8) is 0 Å². The minimum atomic E-state index is -0.675. The second kappa shape index (κ2) is 12.5. The first kappa shape index (κ1) is 25.0. The van der Waals surface area contributed by atoms with Crippen LogP contribution in [0.5, 0.6) is 0 Å². The largest absolute Gasteiger partial charge is 0.348 e. The molecule has 2 aliphatic rings. The predicted molar refractivity (Wildman–Crippen MR) is 114 cm³/mol. The van der Waals surface area contributed by atoms with Gasteiger partial charge in [-0.3, -0.25) is 9.59 Å². The van der Waals surface area contributed by atoms with Gasteiger partial charge in [0, 0.05) is 11.6 Å². The van der Waals surface area contributed by atoms with Gasteiger partial charge in [-0.1, -0.05) is 43.5 Å². The van der Waals surface area contributed by atoms with E-state index >= 15 is 0 Å². The molecule has 1 N–H and O–H groups in total. The fraction of sp³-hybridized carbons (Fsp3) is 0.545. The second-order valence-electron chi connectivity index (χ2n) is 6.76. The molecule has 0 spiro atoms. The van der Waals surface area contributed by atoms with E-state index in [-0.39, 0.29) is 11.9 Å². The van der Waals surface area contributed by atoms with Crippen LogP contribution in [0.2, 0.25) is 5.02 Å². The molecule has 3 rings (SSSR count). The predicted octanol–water partition coefficient (Wildman–Crippen LogP) is 3.55. The molecule has 0 aliphatic carbocycles. The molecule has 1 unspecified atom stereocenters. The van der Waals surface area contributed by atoms with Gasteiger partial charge < -0.3 is 19.7 Å². The van der Waals surface area contributed by atoms with Crippen molar-refractivity contribution in [2.75, 3.05) is 19.7 Å². The molecule has 0 saturated carbocycles. The minimum absolute atomic E-state index is 0.0167. The lowest BCUT2D eigenvalue weighted by atomic mass is 10.0. The van der Waals surface area contributed by atoms with E-state index < -0.39 is 11.9 Å². The number of rotatable bonds is 4. The monoisotopic (exact) mass is 422 g/mol. The molecule has 2 saturated heterocycles. The van der Waals surface area contributed by atoms with Gasteiger partial charge in [-0.2, -0.15) is 0 Å². The summed E-state index contributed by atoms with van der Waals surface area (Å²) in [7, 11) is 0. The number of hydrogen-bond donors (Lipinski definition) is 1. The third-order valence-electron chi connectivity index (χ3n) is 4.34. The van der Waals surface area contributed by atoms with E-state index in [0.717, 1.165) is 24.9 Å². The molecule has 29 heavy (non-hydrogen) atoms. The number of ether oxygens (including phenoxy) is 2. The Morgan fingerprint density at radius 1 is 1.45 bits per heavy atom. The number of amides is 2. The summed E-state index contributed by atoms with van der Waals surface area (Å²) in [5.41, 5.74) is 1.09. The van der Waals surface area contributed by atoms with E-state index in [1.54, 1.807) is 0 Å². The van der Waals surface area contributed by atoms with Crippen molar-refractivity contribution in [1.29, 1.82) is 0 Å². The summed E-state index contributed by atoms with van der Waals surface area (Å²) in [6, 6.07) is 7.83. The maximum Gasteiger partial charge on any atom is 0.254 e. The quantitative estimate of drug-likeness (QED) is 0.457. The molecule has 1 aromatic rings. The number of carbonyl (C=O) groups excluding carboxylic acids is 2. The van der Waals surface area contributed by atoms with Crippen LogP contribution in [-0.2, 0) is 19.1 Å². The van der Waals surface area contributed by atoms with Gasteiger partial charge in [0.25, 0.3) is 5.91 Å². The Kier molecular flexibility index (Phi) is 10.7. The molecule has 2 heterocycles. The van der Waals surface area contributed by atoms with Crippen LogP contribution >= 0.6 is 11.6 Å². The topological polar surface area (TPSA) is 67.9 Å². The van der Waals surface area contributed by atoms with E-state index in [4.69, 9.17) is 27.5 Å².